The van der Waals surface area contributed by atoms with Crippen LogP contribution in [0.2, 0.25) is 10.0 Å². The smallest absolute Gasteiger partial charge is 0.0423 e. The average molecular weight is 257 g/mol. The second-order valence-electron chi connectivity index (χ2n) is 3.92. The molecule has 88 valence electrons. The Kier molecular flexibility index (Phi) is 5.94. The monoisotopic (exact) mass is 256 g/mol. The third kappa shape index (κ3) is 4.19. The van der Waals surface area contributed by atoms with Crippen LogP contribution in [0.25, 0.3) is 0 Å². The lowest BCUT2D eigenvalue weighted by molar-refractivity contribution is 0.673. The van der Waals surface area contributed by atoms with E-state index in [-0.39, 0.29) is 0 Å². The third-order valence-electron chi connectivity index (χ3n) is 2.67. The molecule has 1 aromatic rings. The topological polar surface area (TPSA) is 0 Å². The molecule has 0 N–H and O–H groups in total. The summed E-state index contributed by atoms with van der Waals surface area (Å²) in [4.78, 5) is 0. The van der Waals surface area contributed by atoms with Crippen molar-refractivity contribution in [1.29, 1.82) is 0 Å². The van der Waals surface area contributed by atoms with Gasteiger partial charge in [0, 0.05) is 10.0 Å². The molecule has 0 bridgehead atoms. The van der Waals surface area contributed by atoms with Gasteiger partial charge in [-0.2, -0.15) is 0 Å². The number of rotatable bonds is 5. The lowest BCUT2D eigenvalue weighted by atomic mass is 9.93. The summed E-state index contributed by atoms with van der Waals surface area (Å²) in [6, 6.07) is 5.81. The molecule has 0 heterocycles. The molecule has 16 heavy (non-hydrogen) atoms. The van der Waals surface area contributed by atoms with Crippen LogP contribution in [-0.4, -0.2) is 0 Å². The highest BCUT2D eigenvalue weighted by atomic mass is 35.5. The van der Waals surface area contributed by atoms with E-state index < -0.39 is 0 Å². The highest BCUT2D eigenvalue weighted by molar-refractivity contribution is 6.34. The Bertz CT molecular complexity index is 336. The van der Waals surface area contributed by atoms with Crippen LogP contribution in [0.1, 0.15) is 44.6 Å². The molecule has 0 aliphatic heterocycles. The Morgan fingerprint density at radius 2 is 1.69 bits per heavy atom. The molecular formula is C14H18Cl2. The number of hydrogen-bond donors (Lipinski definition) is 0. The summed E-state index contributed by atoms with van der Waals surface area (Å²) in [5.74, 6) is 0.513. The third-order valence-corrected chi connectivity index (χ3v) is 3.11. The number of hydrogen-bond acceptors (Lipinski definition) is 0. The number of halogens is 2. The summed E-state index contributed by atoms with van der Waals surface area (Å²) in [5.41, 5.74) is 1.24. The maximum atomic E-state index is 6.01. The standard InChI is InChI=1S/C14H18Cl2/c1-3-5-6-7-11(4-2)12-8-13(15)10-14(16)9-12/h5-6,8-11H,3-4,7H2,1-2H3/b6-5-. The first-order chi connectivity index (χ1) is 7.67. The van der Waals surface area contributed by atoms with Gasteiger partial charge in [-0.1, -0.05) is 49.2 Å². The van der Waals surface area contributed by atoms with Crippen molar-refractivity contribution in [2.24, 2.45) is 0 Å². The van der Waals surface area contributed by atoms with E-state index >= 15 is 0 Å². The molecule has 2 heteroatoms. The van der Waals surface area contributed by atoms with E-state index in [1.165, 1.54) is 5.56 Å². The number of allylic oxidation sites excluding steroid dienone is 2. The zero-order chi connectivity index (χ0) is 12.0. The zero-order valence-electron chi connectivity index (χ0n) is 9.84. The first kappa shape index (κ1) is 13.6. The van der Waals surface area contributed by atoms with Gasteiger partial charge in [-0.25, -0.2) is 0 Å². The van der Waals surface area contributed by atoms with Gasteiger partial charge < -0.3 is 0 Å². The fraction of sp³-hybridized carbons (Fsp3) is 0.429. The molecule has 0 saturated carbocycles. The molecule has 0 saturated heterocycles. The van der Waals surface area contributed by atoms with Crippen LogP contribution < -0.4 is 0 Å². The van der Waals surface area contributed by atoms with Crippen LogP contribution in [0.3, 0.4) is 0 Å². The first-order valence-corrected chi connectivity index (χ1v) is 6.54. The molecule has 0 aliphatic carbocycles. The molecule has 1 aromatic carbocycles. The Morgan fingerprint density at radius 3 is 2.19 bits per heavy atom. The highest BCUT2D eigenvalue weighted by Gasteiger charge is 2.09. The van der Waals surface area contributed by atoms with Crippen LogP contribution in [-0.2, 0) is 0 Å². The van der Waals surface area contributed by atoms with Gasteiger partial charge in [-0.15, -0.1) is 0 Å². The van der Waals surface area contributed by atoms with Crippen molar-refractivity contribution in [3.05, 3.63) is 46.0 Å². The van der Waals surface area contributed by atoms with E-state index in [0.29, 0.717) is 5.92 Å². The first-order valence-electron chi connectivity index (χ1n) is 5.78. The summed E-state index contributed by atoms with van der Waals surface area (Å²) in [5, 5.41) is 1.45. The van der Waals surface area contributed by atoms with Crippen LogP contribution in [0.4, 0.5) is 0 Å². The number of benzene rings is 1. The maximum absolute atomic E-state index is 6.01. The largest absolute Gasteiger partial charge is 0.0888 e. The summed E-state index contributed by atoms with van der Waals surface area (Å²) >= 11 is 12.0. The lowest BCUT2D eigenvalue weighted by Crippen LogP contribution is -1.96. The highest BCUT2D eigenvalue weighted by Crippen LogP contribution is 2.29. The van der Waals surface area contributed by atoms with Crippen molar-refractivity contribution in [3.8, 4) is 0 Å². The second-order valence-corrected chi connectivity index (χ2v) is 4.80. The summed E-state index contributed by atoms with van der Waals surface area (Å²) in [7, 11) is 0. The Balaban J connectivity index is 2.81. The van der Waals surface area contributed by atoms with Gasteiger partial charge in [0.25, 0.3) is 0 Å². The van der Waals surface area contributed by atoms with Crippen LogP contribution in [0, 0.1) is 0 Å². The van der Waals surface area contributed by atoms with Gasteiger partial charge in [-0.3, -0.25) is 0 Å². The molecule has 0 aliphatic rings. The van der Waals surface area contributed by atoms with Crippen molar-refractivity contribution < 1.29 is 0 Å². The van der Waals surface area contributed by atoms with Gasteiger partial charge in [-0.05, 0) is 48.9 Å². The van der Waals surface area contributed by atoms with E-state index in [4.69, 9.17) is 23.2 Å². The minimum atomic E-state index is 0.513. The molecule has 1 rings (SSSR count). The predicted molar refractivity (Wildman–Crippen MR) is 73.5 cm³/mol. The predicted octanol–water partition coefficient (Wildman–Crippen LogP) is 5.84. The Morgan fingerprint density at radius 1 is 1.06 bits per heavy atom. The summed E-state index contributed by atoms with van der Waals surface area (Å²) < 4.78 is 0. The van der Waals surface area contributed by atoms with E-state index in [0.717, 1.165) is 29.3 Å². The van der Waals surface area contributed by atoms with Crippen molar-refractivity contribution in [1.82, 2.24) is 0 Å². The molecule has 0 spiro atoms. The van der Waals surface area contributed by atoms with Crippen LogP contribution >= 0.6 is 23.2 Å². The molecule has 1 atom stereocenters. The lowest BCUT2D eigenvalue weighted by Gasteiger charge is -2.14. The SMILES string of the molecule is CC/C=C\CC(CC)c1cc(Cl)cc(Cl)c1. The van der Waals surface area contributed by atoms with Crippen LogP contribution in [0.5, 0.6) is 0 Å². The van der Waals surface area contributed by atoms with E-state index in [1.54, 1.807) is 6.07 Å². The Hall–Kier alpha value is -0.460. The second kappa shape index (κ2) is 6.98. The quantitative estimate of drug-likeness (QED) is 0.581. The van der Waals surface area contributed by atoms with Gasteiger partial charge >= 0.3 is 0 Å². The summed E-state index contributed by atoms with van der Waals surface area (Å²) in [6.07, 6.45) is 7.69. The molecule has 0 nitrogen and oxygen atoms in total. The molecule has 1 unspecified atom stereocenters. The van der Waals surface area contributed by atoms with E-state index in [1.807, 2.05) is 12.1 Å². The minimum Gasteiger partial charge on any atom is -0.0888 e. The van der Waals surface area contributed by atoms with Gasteiger partial charge in [0.2, 0.25) is 0 Å². The minimum absolute atomic E-state index is 0.513. The summed E-state index contributed by atoms with van der Waals surface area (Å²) in [6.45, 7) is 4.34. The van der Waals surface area contributed by atoms with Crippen molar-refractivity contribution in [3.63, 3.8) is 0 Å². The zero-order valence-corrected chi connectivity index (χ0v) is 11.4. The molecule has 0 fully saturated rings. The average Bonchev–Trinajstić information content (AvgIpc) is 2.23. The Labute approximate surface area is 108 Å². The van der Waals surface area contributed by atoms with E-state index in [9.17, 15) is 0 Å². The molecular weight excluding hydrogens is 239 g/mol. The molecule has 0 aromatic heterocycles. The maximum Gasteiger partial charge on any atom is 0.0423 e. The van der Waals surface area contributed by atoms with Crippen molar-refractivity contribution in [2.75, 3.05) is 0 Å². The van der Waals surface area contributed by atoms with Crippen molar-refractivity contribution >= 4 is 23.2 Å². The van der Waals surface area contributed by atoms with Crippen molar-refractivity contribution in [2.45, 2.75) is 39.0 Å². The molecule has 0 radical (unpaired) electrons. The van der Waals surface area contributed by atoms with Gasteiger partial charge in [0.1, 0.15) is 0 Å². The van der Waals surface area contributed by atoms with E-state index in [2.05, 4.69) is 26.0 Å². The molecule has 0 amide bonds. The van der Waals surface area contributed by atoms with Gasteiger partial charge in [0.15, 0.2) is 0 Å². The van der Waals surface area contributed by atoms with Crippen LogP contribution in [0.15, 0.2) is 30.4 Å². The van der Waals surface area contributed by atoms with Gasteiger partial charge in [0.05, 0.1) is 0 Å². The fourth-order valence-electron chi connectivity index (χ4n) is 1.78. The normalized spacial score (nSPS) is 13.2. The fourth-order valence-corrected chi connectivity index (χ4v) is 2.32.